The normalized spacial score (nSPS) is 19.5. The van der Waals surface area contributed by atoms with Gasteiger partial charge in [0.2, 0.25) is 11.8 Å². The van der Waals surface area contributed by atoms with E-state index in [1.165, 1.54) is 25.0 Å². The summed E-state index contributed by atoms with van der Waals surface area (Å²) in [5.41, 5.74) is 4.23. The molecule has 3 aromatic carbocycles. The minimum atomic E-state index is -0.782. The Hall–Kier alpha value is -5.20. The topological polar surface area (TPSA) is 120 Å². The third kappa shape index (κ3) is 7.33. The maximum atomic E-state index is 14.1. The molecule has 2 N–H and O–H groups in total. The van der Waals surface area contributed by atoms with Gasteiger partial charge in [-0.05, 0) is 105 Å². The van der Waals surface area contributed by atoms with Gasteiger partial charge in [-0.3, -0.25) is 19.6 Å². The van der Waals surface area contributed by atoms with Gasteiger partial charge in [-0.1, -0.05) is 0 Å². The Morgan fingerprint density at radius 1 is 0.922 bits per heavy atom. The molecule has 11 nitrogen and oxygen atoms in total. The molecule has 4 heterocycles. The number of ether oxygens (including phenoxy) is 1. The third-order valence-corrected chi connectivity index (χ3v) is 10.3. The lowest BCUT2D eigenvalue weighted by Crippen LogP contribution is -2.51. The molecule has 1 saturated carbocycles. The molecule has 262 valence electrons. The summed E-state index contributed by atoms with van der Waals surface area (Å²) >= 11 is 0. The Morgan fingerprint density at radius 2 is 1.67 bits per heavy atom. The summed E-state index contributed by atoms with van der Waals surface area (Å²) < 4.78 is 19.7. The summed E-state index contributed by atoms with van der Waals surface area (Å²) in [5, 5.41) is 11.5. The molecule has 2 aromatic heterocycles. The second-order valence-corrected chi connectivity index (χ2v) is 14.0. The van der Waals surface area contributed by atoms with Crippen molar-refractivity contribution in [3.63, 3.8) is 0 Å². The summed E-state index contributed by atoms with van der Waals surface area (Å²) in [6.07, 6.45) is 6.42. The van der Waals surface area contributed by atoms with E-state index in [4.69, 9.17) is 4.74 Å². The fourth-order valence-electron chi connectivity index (χ4n) is 7.13. The number of aromatic nitrogens is 4. The summed E-state index contributed by atoms with van der Waals surface area (Å²) in [5.74, 6) is 0.934. The Balaban J connectivity index is 0.897. The van der Waals surface area contributed by atoms with Crippen molar-refractivity contribution in [1.82, 2.24) is 30.0 Å². The van der Waals surface area contributed by atoms with Gasteiger partial charge in [0.1, 0.15) is 5.82 Å². The zero-order valence-corrected chi connectivity index (χ0v) is 28.4. The average Bonchev–Trinajstić information content (AvgIpc) is 3.76. The number of H-pyrrole nitrogens is 1. The van der Waals surface area contributed by atoms with Crippen molar-refractivity contribution in [3.05, 3.63) is 91.0 Å². The second kappa shape index (κ2) is 14.2. The van der Waals surface area contributed by atoms with E-state index in [9.17, 15) is 14.0 Å². The Labute approximate surface area is 295 Å². The highest BCUT2D eigenvalue weighted by molar-refractivity contribution is 6.00. The number of benzene rings is 3. The van der Waals surface area contributed by atoms with Crippen LogP contribution in [0.1, 0.15) is 19.3 Å². The standard InChI is InChI=1S/C39H41FN8O3/c40-30-8-4-28(5-9-30)36-33-22-31(10-13-34(33)44-45-36)43-38(50)39(26-51-24-27-2-3-27)14-17-46(25-39)23-35(49)48-20-18-47(19-21-48)32-11-6-29(7-12-32)37-41-15-1-16-42-37/h1,4-13,15-16,22,27H,2-3,14,17-21,23-26H2,(H,43,50)(H,44,45). The number of aromatic amines is 1. The monoisotopic (exact) mass is 688 g/mol. The summed E-state index contributed by atoms with van der Waals surface area (Å²) in [6, 6.07) is 21.9. The number of hydrogen-bond donors (Lipinski definition) is 2. The molecule has 2 saturated heterocycles. The molecule has 3 aliphatic rings. The van der Waals surface area contributed by atoms with Crippen LogP contribution in [0.15, 0.2) is 85.2 Å². The van der Waals surface area contributed by atoms with E-state index >= 15 is 0 Å². The van der Waals surface area contributed by atoms with Crippen molar-refractivity contribution in [2.75, 3.05) is 69.2 Å². The quantitative estimate of drug-likeness (QED) is 0.194. The molecular formula is C39H41FN8O3. The fraction of sp³-hybridized carbons (Fsp3) is 0.359. The van der Waals surface area contributed by atoms with Gasteiger partial charge in [-0.15, -0.1) is 0 Å². The number of likely N-dealkylation sites (tertiary alicyclic amines) is 1. The van der Waals surface area contributed by atoms with Crippen molar-refractivity contribution in [3.8, 4) is 22.6 Å². The zero-order valence-electron chi connectivity index (χ0n) is 28.4. The largest absolute Gasteiger partial charge is 0.380 e. The van der Waals surface area contributed by atoms with Crippen LogP contribution in [0.25, 0.3) is 33.5 Å². The highest BCUT2D eigenvalue weighted by Gasteiger charge is 2.46. The number of carbonyl (C=O) groups is 2. The number of nitrogens with one attached hydrogen (secondary N) is 2. The predicted octanol–water partition coefficient (Wildman–Crippen LogP) is 5.23. The maximum absolute atomic E-state index is 14.1. The van der Waals surface area contributed by atoms with Crippen LogP contribution in [-0.2, 0) is 14.3 Å². The van der Waals surface area contributed by atoms with Gasteiger partial charge >= 0.3 is 0 Å². The molecule has 5 aromatic rings. The summed E-state index contributed by atoms with van der Waals surface area (Å²) in [4.78, 5) is 42.6. The van der Waals surface area contributed by atoms with Gasteiger partial charge in [0.05, 0.1) is 29.8 Å². The van der Waals surface area contributed by atoms with E-state index in [1.54, 1.807) is 30.6 Å². The molecule has 0 spiro atoms. The van der Waals surface area contributed by atoms with E-state index in [0.29, 0.717) is 68.9 Å². The molecule has 0 bridgehead atoms. The first kappa shape index (κ1) is 33.0. The lowest BCUT2D eigenvalue weighted by Gasteiger charge is -2.37. The number of fused-ring (bicyclic) bond motifs is 1. The number of hydrogen-bond acceptors (Lipinski definition) is 8. The van der Waals surface area contributed by atoms with Crippen LogP contribution in [0.5, 0.6) is 0 Å². The van der Waals surface area contributed by atoms with Crippen LogP contribution in [0, 0.1) is 17.2 Å². The van der Waals surface area contributed by atoms with Gasteiger partial charge in [0, 0.05) is 79.6 Å². The number of halogens is 1. The first-order valence-corrected chi connectivity index (χ1v) is 17.7. The van der Waals surface area contributed by atoms with Gasteiger partial charge < -0.3 is 19.9 Å². The highest BCUT2D eigenvalue weighted by atomic mass is 19.1. The molecule has 1 unspecified atom stereocenters. The van der Waals surface area contributed by atoms with E-state index in [-0.39, 0.29) is 24.2 Å². The number of anilines is 2. The number of rotatable bonds is 11. The molecule has 1 atom stereocenters. The molecule has 12 heteroatoms. The first-order chi connectivity index (χ1) is 24.9. The molecular weight excluding hydrogens is 647 g/mol. The van der Waals surface area contributed by atoms with Crippen molar-refractivity contribution in [2.45, 2.75) is 19.3 Å². The zero-order chi connectivity index (χ0) is 34.8. The van der Waals surface area contributed by atoms with Crippen LogP contribution in [0.3, 0.4) is 0 Å². The van der Waals surface area contributed by atoms with Gasteiger partial charge in [0.15, 0.2) is 5.82 Å². The molecule has 2 amide bonds. The third-order valence-electron chi connectivity index (χ3n) is 10.3. The smallest absolute Gasteiger partial charge is 0.236 e. The number of carbonyl (C=O) groups excluding carboxylic acids is 2. The van der Waals surface area contributed by atoms with Crippen LogP contribution < -0.4 is 10.2 Å². The average molecular weight is 689 g/mol. The van der Waals surface area contributed by atoms with Crippen molar-refractivity contribution < 1.29 is 18.7 Å². The minimum Gasteiger partial charge on any atom is -0.380 e. The molecule has 2 aliphatic heterocycles. The molecule has 8 rings (SSSR count). The second-order valence-electron chi connectivity index (χ2n) is 14.0. The lowest BCUT2D eigenvalue weighted by atomic mass is 9.86. The van der Waals surface area contributed by atoms with Gasteiger partial charge in [-0.2, -0.15) is 5.10 Å². The van der Waals surface area contributed by atoms with E-state index < -0.39 is 5.41 Å². The van der Waals surface area contributed by atoms with E-state index in [1.807, 2.05) is 35.2 Å². The fourth-order valence-corrected chi connectivity index (χ4v) is 7.13. The molecule has 3 fully saturated rings. The van der Waals surface area contributed by atoms with E-state index in [2.05, 4.69) is 47.4 Å². The van der Waals surface area contributed by atoms with Crippen LogP contribution >= 0.6 is 0 Å². The number of piperazine rings is 1. The first-order valence-electron chi connectivity index (χ1n) is 17.7. The summed E-state index contributed by atoms with van der Waals surface area (Å²) in [6.45, 7) is 5.10. The number of nitrogens with zero attached hydrogens (tertiary/aromatic N) is 6. The lowest BCUT2D eigenvalue weighted by molar-refractivity contribution is -0.134. The molecule has 1 aliphatic carbocycles. The van der Waals surface area contributed by atoms with Crippen LogP contribution in [0.4, 0.5) is 15.8 Å². The van der Waals surface area contributed by atoms with Crippen molar-refractivity contribution >= 4 is 34.1 Å². The Morgan fingerprint density at radius 3 is 2.41 bits per heavy atom. The minimum absolute atomic E-state index is 0.0834. The maximum Gasteiger partial charge on any atom is 0.236 e. The van der Waals surface area contributed by atoms with Crippen molar-refractivity contribution in [1.29, 1.82) is 0 Å². The number of amides is 2. The predicted molar refractivity (Wildman–Crippen MR) is 193 cm³/mol. The Bertz CT molecular complexity index is 1990. The van der Waals surface area contributed by atoms with Gasteiger partial charge in [0.25, 0.3) is 0 Å². The van der Waals surface area contributed by atoms with Crippen LogP contribution in [0.2, 0.25) is 0 Å². The van der Waals surface area contributed by atoms with E-state index in [0.717, 1.165) is 40.8 Å². The summed E-state index contributed by atoms with van der Waals surface area (Å²) in [7, 11) is 0. The molecule has 0 radical (unpaired) electrons. The highest BCUT2D eigenvalue weighted by Crippen LogP contribution is 2.36. The SMILES string of the molecule is O=C(CN1CCC(COCC2CC2)(C(=O)Nc2ccc3[nH]nc(-c4ccc(F)cc4)c3c2)C1)N1CCN(c2ccc(-c3ncccn3)cc2)CC1. The van der Waals surface area contributed by atoms with Crippen molar-refractivity contribution in [2.24, 2.45) is 11.3 Å². The van der Waals surface area contributed by atoms with Crippen LogP contribution in [-0.4, -0.2) is 101 Å². The Kier molecular flexibility index (Phi) is 9.18. The molecule has 51 heavy (non-hydrogen) atoms. The van der Waals surface area contributed by atoms with Gasteiger partial charge in [-0.25, -0.2) is 14.4 Å².